The summed E-state index contributed by atoms with van der Waals surface area (Å²) in [5, 5.41) is 3.32. The van der Waals surface area contributed by atoms with E-state index in [0.717, 1.165) is 19.4 Å². The molecule has 0 saturated heterocycles. The minimum atomic E-state index is -0.212. The SMILES string of the molecule is CCCC(C)C(NCC)c1ncccc1F. The minimum absolute atomic E-state index is 0.0196. The van der Waals surface area contributed by atoms with Gasteiger partial charge < -0.3 is 5.32 Å². The molecule has 1 heterocycles. The van der Waals surface area contributed by atoms with Crippen molar-refractivity contribution in [2.24, 2.45) is 5.92 Å². The lowest BCUT2D eigenvalue weighted by molar-refractivity contribution is 0.351. The fourth-order valence-corrected chi connectivity index (χ4v) is 2.04. The highest BCUT2D eigenvalue weighted by molar-refractivity contribution is 5.12. The highest BCUT2D eigenvalue weighted by Crippen LogP contribution is 2.25. The van der Waals surface area contributed by atoms with Crippen LogP contribution in [0.5, 0.6) is 0 Å². The smallest absolute Gasteiger partial charge is 0.146 e. The Labute approximate surface area is 97.3 Å². The van der Waals surface area contributed by atoms with E-state index in [9.17, 15) is 4.39 Å². The molecule has 0 aliphatic carbocycles. The monoisotopic (exact) mass is 224 g/mol. The van der Waals surface area contributed by atoms with E-state index >= 15 is 0 Å². The van der Waals surface area contributed by atoms with Crippen molar-refractivity contribution in [3.8, 4) is 0 Å². The quantitative estimate of drug-likeness (QED) is 0.802. The van der Waals surface area contributed by atoms with Crippen LogP contribution in [0, 0.1) is 11.7 Å². The summed E-state index contributed by atoms with van der Waals surface area (Å²) in [6, 6.07) is 3.13. The van der Waals surface area contributed by atoms with Crippen molar-refractivity contribution in [3.63, 3.8) is 0 Å². The molecule has 90 valence electrons. The van der Waals surface area contributed by atoms with Crippen LogP contribution < -0.4 is 5.32 Å². The van der Waals surface area contributed by atoms with Crippen molar-refractivity contribution in [1.29, 1.82) is 0 Å². The van der Waals surface area contributed by atoms with Crippen LogP contribution in [-0.4, -0.2) is 11.5 Å². The van der Waals surface area contributed by atoms with Gasteiger partial charge in [-0.3, -0.25) is 4.98 Å². The number of aromatic nitrogens is 1. The zero-order valence-electron chi connectivity index (χ0n) is 10.3. The van der Waals surface area contributed by atoms with E-state index in [2.05, 4.69) is 24.1 Å². The minimum Gasteiger partial charge on any atom is -0.309 e. The highest BCUT2D eigenvalue weighted by atomic mass is 19.1. The predicted molar refractivity (Wildman–Crippen MR) is 64.7 cm³/mol. The number of pyridine rings is 1. The second-order valence-electron chi connectivity index (χ2n) is 4.17. The molecule has 0 amide bonds. The van der Waals surface area contributed by atoms with Crippen molar-refractivity contribution in [2.75, 3.05) is 6.54 Å². The Bertz CT molecular complexity index is 315. The molecule has 2 nitrogen and oxygen atoms in total. The number of nitrogens with one attached hydrogen (secondary N) is 1. The van der Waals surface area contributed by atoms with Gasteiger partial charge in [0, 0.05) is 6.20 Å². The average molecular weight is 224 g/mol. The maximum atomic E-state index is 13.7. The van der Waals surface area contributed by atoms with Gasteiger partial charge in [0.25, 0.3) is 0 Å². The predicted octanol–water partition coefficient (Wildman–Crippen LogP) is 3.31. The van der Waals surface area contributed by atoms with Gasteiger partial charge in [-0.05, 0) is 31.0 Å². The number of hydrogen-bond acceptors (Lipinski definition) is 2. The van der Waals surface area contributed by atoms with Crippen molar-refractivity contribution >= 4 is 0 Å². The van der Waals surface area contributed by atoms with Gasteiger partial charge in [-0.25, -0.2) is 4.39 Å². The Morgan fingerprint density at radius 3 is 2.75 bits per heavy atom. The number of rotatable bonds is 6. The van der Waals surface area contributed by atoms with Gasteiger partial charge >= 0.3 is 0 Å². The molecule has 0 aliphatic heterocycles. The Hall–Kier alpha value is -0.960. The first-order valence-electron chi connectivity index (χ1n) is 6.04. The second kappa shape index (κ2) is 6.59. The lowest BCUT2D eigenvalue weighted by Gasteiger charge is -2.24. The van der Waals surface area contributed by atoms with E-state index in [1.54, 1.807) is 12.3 Å². The van der Waals surface area contributed by atoms with Crippen LogP contribution in [-0.2, 0) is 0 Å². The maximum absolute atomic E-state index is 13.7. The molecule has 0 fully saturated rings. The Balaban J connectivity index is 2.88. The molecule has 1 N–H and O–H groups in total. The molecule has 0 aromatic carbocycles. The molecular formula is C13H21FN2. The molecule has 1 aromatic rings. The van der Waals surface area contributed by atoms with Gasteiger partial charge in [-0.1, -0.05) is 27.2 Å². The molecular weight excluding hydrogens is 203 g/mol. The zero-order valence-corrected chi connectivity index (χ0v) is 10.3. The van der Waals surface area contributed by atoms with E-state index in [1.165, 1.54) is 6.07 Å². The Morgan fingerprint density at radius 2 is 2.19 bits per heavy atom. The van der Waals surface area contributed by atoms with Crippen molar-refractivity contribution in [2.45, 2.75) is 39.7 Å². The summed E-state index contributed by atoms with van der Waals surface area (Å²) in [6.45, 7) is 7.15. The number of nitrogens with zero attached hydrogens (tertiary/aromatic N) is 1. The third kappa shape index (κ3) is 3.27. The van der Waals surface area contributed by atoms with Crippen molar-refractivity contribution in [3.05, 3.63) is 29.8 Å². The summed E-state index contributed by atoms with van der Waals surface area (Å²) < 4.78 is 13.7. The molecule has 0 radical (unpaired) electrons. The third-order valence-electron chi connectivity index (χ3n) is 2.82. The lowest BCUT2D eigenvalue weighted by atomic mass is 9.93. The molecule has 2 unspecified atom stereocenters. The van der Waals surface area contributed by atoms with Crippen LogP contribution in [0.2, 0.25) is 0 Å². The van der Waals surface area contributed by atoms with Crippen LogP contribution in [0.4, 0.5) is 4.39 Å². The van der Waals surface area contributed by atoms with Crippen LogP contribution in [0.25, 0.3) is 0 Å². The summed E-state index contributed by atoms with van der Waals surface area (Å²) in [4.78, 5) is 4.16. The lowest BCUT2D eigenvalue weighted by Crippen LogP contribution is -2.28. The molecule has 0 aliphatic rings. The van der Waals surface area contributed by atoms with Gasteiger partial charge in [0.1, 0.15) is 5.82 Å². The number of halogens is 1. The largest absolute Gasteiger partial charge is 0.309 e. The van der Waals surface area contributed by atoms with Gasteiger partial charge in [0.2, 0.25) is 0 Å². The topological polar surface area (TPSA) is 24.9 Å². The summed E-state index contributed by atoms with van der Waals surface area (Å²) in [5.41, 5.74) is 0.547. The first-order valence-corrected chi connectivity index (χ1v) is 6.04. The van der Waals surface area contributed by atoms with Crippen LogP contribution in [0.1, 0.15) is 45.3 Å². The summed E-state index contributed by atoms with van der Waals surface area (Å²) in [7, 11) is 0. The highest BCUT2D eigenvalue weighted by Gasteiger charge is 2.21. The van der Waals surface area contributed by atoms with Crippen LogP contribution in [0.15, 0.2) is 18.3 Å². The van der Waals surface area contributed by atoms with Crippen LogP contribution in [0.3, 0.4) is 0 Å². The van der Waals surface area contributed by atoms with Crippen molar-refractivity contribution < 1.29 is 4.39 Å². The van der Waals surface area contributed by atoms with Crippen molar-refractivity contribution in [1.82, 2.24) is 10.3 Å². The van der Waals surface area contributed by atoms with E-state index in [1.807, 2.05) is 6.92 Å². The Kier molecular flexibility index (Phi) is 5.39. The standard InChI is InChI=1S/C13H21FN2/c1-4-7-10(3)12(15-5-2)13-11(14)8-6-9-16-13/h6,8-10,12,15H,4-5,7H2,1-3H3. The molecule has 16 heavy (non-hydrogen) atoms. The maximum Gasteiger partial charge on any atom is 0.146 e. The fraction of sp³-hybridized carbons (Fsp3) is 0.615. The van der Waals surface area contributed by atoms with Gasteiger partial charge in [0.05, 0.1) is 11.7 Å². The molecule has 2 atom stereocenters. The van der Waals surface area contributed by atoms with E-state index in [-0.39, 0.29) is 11.9 Å². The van der Waals surface area contributed by atoms with E-state index < -0.39 is 0 Å². The van der Waals surface area contributed by atoms with Crippen LogP contribution >= 0.6 is 0 Å². The van der Waals surface area contributed by atoms with E-state index in [4.69, 9.17) is 0 Å². The molecule has 0 spiro atoms. The first kappa shape index (κ1) is 13.1. The first-order chi connectivity index (χ1) is 7.70. The normalized spacial score (nSPS) is 14.8. The summed E-state index contributed by atoms with van der Waals surface area (Å²) in [5.74, 6) is 0.186. The molecule has 0 saturated carbocycles. The summed E-state index contributed by atoms with van der Waals surface area (Å²) >= 11 is 0. The molecule has 1 rings (SSSR count). The third-order valence-corrected chi connectivity index (χ3v) is 2.82. The molecule has 0 bridgehead atoms. The zero-order chi connectivity index (χ0) is 12.0. The summed E-state index contributed by atoms with van der Waals surface area (Å²) in [6.07, 6.45) is 3.84. The van der Waals surface area contributed by atoms with Gasteiger partial charge in [-0.15, -0.1) is 0 Å². The number of hydrogen-bond donors (Lipinski definition) is 1. The van der Waals surface area contributed by atoms with Gasteiger partial charge in [-0.2, -0.15) is 0 Å². The second-order valence-corrected chi connectivity index (χ2v) is 4.17. The van der Waals surface area contributed by atoms with Gasteiger partial charge in [0.15, 0.2) is 0 Å². The molecule has 3 heteroatoms. The fourth-order valence-electron chi connectivity index (χ4n) is 2.04. The van der Waals surface area contributed by atoms with E-state index in [0.29, 0.717) is 11.6 Å². The average Bonchev–Trinajstić information content (AvgIpc) is 2.27. The Morgan fingerprint density at radius 1 is 1.44 bits per heavy atom. The molecule has 1 aromatic heterocycles.